The number of hydrogen-bond donors (Lipinski definition) is 1. The summed E-state index contributed by atoms with van der Waals surface area (Å²) in [5, 5.41) is 2.74. The van der Waals surface area contributed by atoms with Crippen LogP contribution in [-0.2, 0) is 19.6 Å². The average molecular weight is 481 g/mol. The van der Waals surface area contributed by atoms with Crippen LogP contribution in [0, 0.1) is 5.82 Å². The van der Waals surface area contributed by atoms with Gasteiger partial charge in [-0.3, -0.25) is 9.10 Å². The fourth-order valence-electron chi connectivity index (χ4n) is 3.61. The van der Waals surface area contributed by atoms with Gasteiger partial charge in [-0.15, -0.1) is 11.8 Å². The summed E-state index contributed by atoms with van der Waals surface area (Å²) in [4.78, 5) is 13.5. The summed E-state index contributed by atoms with van der Waals surface area (Å²) >= 11 is 1.49. The van der Waals surface area contributed by atoms with E-state index >= 15 is 0 Å². The zero-order valence-electron chi connectivity index (χ0n) is 18.1. The lowest BCUT2D eigenvalue weighted by Crippen LogP contribution is -2.41. The summed E-state index contributed by atoms with van der Waals surface area (Å²) in [5.41, 5.74) is 0.0960. The van der Waals surface area contributed by atoms with E-state index in [1.54, 1.807) is 12.1 Å². The molecule has 1 N–H and O–H groups in total. The van der Waals surface area contributed by atoms with Crippen molar-refractivity contribution in [2.24, 2.45) is 0 Å². The van der Waals surface area contributed by atoms with Crippen LogP contribution in [0.25, 0.3) is 0 Å². The third-order valence-electron chi connectivity index (χ3n) is 5.33. The van der Waals surface area contributed by atoms with Crippen LogP contribution in [0.15, 0.2) is 58.3 Å². The number of rotatable bonds is 11. The molecule has 9 heteroatoms. The molecular weight excluding hydrogens is 451 g/mol. The van der Waals surface area contributed by atoms with Gasteiger partial charge in [-0.05, 0) is 68.0 Å². The Morgan fingerprint density at radius 3 is 2.56 bits per heavy atom. The second-order valence-corrected chi connectivity index (χ2v) is 10.4. The second-order valence-electron chi connectivity index (χ2n) is 7.65. The highest BCUT2D eigenvalue weighted by atomic mass is 32.2. The quantitative estimate of drug-likeness (QED) is 0.385. The third-order valence-corrected chi connectivity index (χ3v) is 7.86. The lowest BCUT2D eigenvalue weighted by Gasteiger charge is -2.24. The fraction of sp³-hybridized carbons (Fsp3) is 0.435. The molecule has 174 valence electrons. The van der Waals surface area contributed by atoms with E-state index in [0.717, 1.165) is 28.1 Å². The van der Waals surface area contributed by atoms with Crippen molar-refractivity contribution >= 4 is 33.4 Å². The molecule has 1 aliphatic carbocycles. The van der Waals surface area contributed by atoms with E-state index in [-0.39, 0.29) is 10.6 Å². The van der Waals surface area contributed by atoms with Gasteiger partial charge in [-0.25, -0.2) is 12.8 Å². The minimum absolute atomic E-state index is 0.0392. The van der Waals surface area contributed by atoms with E-state index in [2.05, 4.69) is 5.32 Å². The molecule has 0 saturated heterocycles. The number of nitrogens with one attached hydrogen (secondary N) is 1. The molecule has 32 heavy (non-hydrogen) atoms. The number of anilines is 1. The van der Waals surface area contributed by atoms with Crippen molar-refractivity contribution in [2.75, 3.05) is 30.3 Å². The monoisotopic (exact) mass is 480 g/mol. The molecule has 1 aliphatic rings. The summed E-state index contributed by atoms with van der Waals surface area (Å²) in [7, 11) is -4.07. The Morgan fingerprint density at radius 2 is 1.91 bits per heavy atom. The number of amides is 1. The van der Waals surface area contributed by atoms with E-state index < -0.39 is 28.3 Å². The number of sulfonamides is 1. The predicted octanol–water partition coefficient (Wildman–Crippen LogP) is 4.21. The maximum atomic E-state index is 13.8. The van der Waals surface area contributed by atoms with Crippen molar-refractivity contribution in [3.05, 3.63) is 54.3 Å². The molecule has 0 radical (unpaired) electrons. The summed E-state index contributed by atoms with van der Waals surface area (Å²) in [6, 6.07) is 11.6. The molecule has 1 amide bonds. The number of ether oxygens (including phenoxy) is 1. The smallest absolute Gasteiger partial charge is 0.264 e. The van der Waals surface area contributed by atoms with Crippen molar-refractivity contribution in [2.45, 2.75) is 48.0 Å². The van der Waals surface area contributed by atoms with Crippen molar-refractivity contribution in [1.82, 2.24) is 5.32 Å². The molecule has 6 nitrogen and oxygen atoms in total. The highest BCUT2D eigenvalue weighted by molar-refractivity contribution is 7.98. The lowest BCUT2D eigenvalue weighted by atomic mass is 10.3. The van der Waals surface area contributed by atoms with Crippen LogP contribution in [0.1, 0.15) is 32.1 Å². The maximum absolute atomic E-state index is 13.8. The predicted molar refractivity (Wildman–Crippen MR) is 125 cm³/mol. The van der Waals surface area contributed by atoms with Crippen molar-refractivity contribution in [3.63, 3.8) is 0 Å². The molecule has 0 heterocycles. The number of carbonyl (C=O) groups excluding carboxylic acids is 1. The number of hydrogen-bond acceptors (Lipinski definition) is 5. The molecule has 2 aromatic carbocycles. The molecule has 0 atom stereocenters. The normalized spacial score (nSPS) is 14.4. The molecule has 2 aromatic rings. The largest absolute Gasteiger partial charge is 0.378 e. The Hall–Kier alpha value is -2.10. The number of nitrogens with zero attached hydrogens (tertiary/aromatic N) is 1. The first-order valence-electron chi connectivity index (χ1n) is 10.7. The van der Waals surface area contributed by atoms with Gasteiger partial charge in [0.15, 0.2) is 0 Å². The first kappa shape index (κ1) is 24.5. The van der Waals surface area contributed by atoms with Crippen molar-refractivity contribution in [1.29, 1.82) is 0 Å². The molecule has 0 aliphatic heterocycles. The minimum atomic E-state index is -4.07. The number of benzene rings is 2. The van der Waals surface area contributed by atoms with Gasteiger partial charge in [0.05, 0.1) is 16.7 Å². The number of thioether (sulfide) groups is 1. The van der Waals surface area contributed by atoms with Gasteiger partial charge in [0.1, 0.15) is 12.4 Å². The summed E-state index contributed by atoms with van der Waals surface area (Å²) in [6.07, 6.45) is 7.43. The van der Waals surface area contributed by atoms with E-state index in [4.69, 9.17) is 4.74 Å². The van der Waals surface area contributed by atoms with E-state index in [1.165, 1.54) is 54.9 Å². The van der Waals surface area contributed by atoms with Crippen LogP contribution in [0.2, 0.25) is 0 Å². The Balaban J connectivity index is 1.66. The average Bonchev–Trinajstić information content (AvgIpc) is 3.30. The SMILES string of the molecule is CSc1ccc(S(=O)(=O)N(CC(=O)NCCCOC2CCCC2)c2cccc(F)c2)cc1. The molecular formula is C23H29FN2O4S2. The zero-order valence-corrected chi connectivity index (χ0v) is 19.8. The Kier molecular flexibility index (Phi) is 8.95. The van der Waals surface area contributed by atoms with Crippen LogP contribution in [0.3, 0.4) is 0 Å². The van der Waals surface area contributed by atoms with Crippen LogP contribution in [0.5, 0.6) is 0 Å². The standard InChI is InChI=1S/C23H29FN2O4S2/c1-31-21-10-12-22(13-11-21)32(28,29)26(19-7-4-6-18(24)16-19)17-23(27)25-14-5-15-30-20-8-2-3-9-20/h4,6-7,10-13,16,20H,2-3,5,8-9,14-15,17H2,1H3,(H,25,27). The Morgan fingerprint density at radius 1 is 1.19 bits per heavy atom. The number of halogens is 1. The Labute approximate surface area is 193 Å². The van der Waals surface area contributed by atoms with Crippen LogP contribution >= 0.6 is 11.8 Å². The van der Waals surface area contributed by atoms with Crippen molar-refractivity contribution < 1.29 is 22.3 Å². The Bertz CT molecular complexity index is 993. The number of carbonyl (C=O) groups is 1. The fourth-order valence-corrected chi connectivity index (χ4v) is 5.43. The van der Waals surface area contributed by atoms with Gasteiger partial charge in [-0.2, -0.15) is 0 Å². The summed E-state index contributed by atoms with van der Waals surface area (Å²) in [5.74, 6) is -1.04. The van der Waals surface area contributed by atoms with Crippen LogP contribution in [0.4, 0.5) is 10.1 Å². The summed E-state index contributed by atoms with van der Waals surface area (Å²) in [6.45, 7) is 0.489. The van der Waals surface area contributed by atoms with E-state index in [0.29, 0.717) is 25.7 Å². The summed E-state index contributed by atoms with van der Waals surface area (Å²) < 4.78 is 47.1. The van der Waals surface area contributed by atoms with E-state index in [1.807, 2.05) is 6.26 Å². The van der Waals surface area contributed by atoms with Gasteiger partial charge in [-0.1, -0.05) is 18.9 Å². The molecule has 1 fully saturated rings. The maximum Gasteiger partial charge on any atom is 0.264 e. The highest BCUT2D eigenvalue weighted by Crippen LogP contribution is 2.26. The van der Waals surface area contributed by atoms with Crippen LogP contribution in [-0.4, -0.2) is 46.4 Å². The molecule has 0 spiro atoms. The van der Waals surface area contributed by atoms with Gasteiger partial charge < -0.3 is 10.1 Å². The molecule has 0 aromatic heterocycles. The zero-order chi connectivity index (χ0) is 23.0. The third kappa shape index (κ3) is 6.70. The first-order valence-corrected chi connectivity index (χ1v) is 13.4. The molecule has 0 unspecified atom stereocenters. The molecule has 0 bridgehead atoms. The first-order chi connectivity index (χ1) is 15.4. The minimum Gasteiger partial charge on any atom is -0.378 e. The highest BCUT2D eigenvalue weighted by Gasteiger charge is 2.27. The van der Waals surface area contributed by atoms with Gasteiger partial charge in [0.2, 0.25) is 5.91 Å². The van der Waals surface area contributed by atoms with E-state index in [9.17, 15) is 17.6 Å². The molecule has 3 rings (SSSR count). The van der Waals surface area contributed by atoms with Gasteiger partial charge in [0, 0.05) is 18.0 Å². The van der Waals surface area contributed by atoms with Crippen molar-refractivity contribution in [3.8, 4) is 0 Å². The topological polar surface area (TPSA) is 75.7 Å². The van der Waals surface area contributed by atoms with Crippen LogP contribution < -0.4 is 9.62 Å². The van der Waals surface area contributed by atoms with Gasteiger partial charge >= 0.3 is 0 Å². The second kappa shape index (κ2) is 11.7. The lowest BCUT2D eigenvalue weighted by molar-refractivity contribution is -0.119. The van der Waals surface area contributed by atoms with Gasteiger partial charge in [0.25, 0.3) is 10.0 Å². The molecule has 1 saturated carbocycles.